The van der Waals surface area contributed by atoms with Gasteiger partial charge in [0.15, 0.2) is 0 Å². The van der Waals surface area contributed by atoms with Crippen LogP contribution in [0.1, 0.15) is 40.9 Å². The number of aryl methyl sites for hydroxylation is 1. The van der Waals surface area contributed by atoms with Crippen LogP contribution in [0, 0.1) is 12.7 Å². The van der Waals surface area contributed by atoms with Gasteiger partial charge in [0.1, 0.15) is 5.82 Å². The second-order valence-electron chi connectivity index (χ2n) is 4.97. The molecule has 21 heavy (non-hydrogen) atoms. The van der Waals surface area contributed by atoms with E-state index in [0.717, 1.165) is 11.1 Å². The van der Waals surface area contributed by atoms with Crippen molar-refractivity contribution in [1.29, 1.82) is 0 Å². The molecule has 1 unspecified atom stereocenters. The van der Waals surface area contributed by atoms with Gasteiger partial charge >= 0.3 is 0 Å². The number of benzene rings is 2. The Hall–Kier alpha value is -1.87. The number of rotatable bonds is 4. The van der Waals surface area contributed by atoms with Crippen LogP contribution in [-0.4, -0.2) is 5.91 Å². The van der Waals surface area contributed by atoms with E-state index >= 15 is 0 Å². The molecule has 4 heteroatoms. The summed E-state index contributed by atoms with van der Waals surface area (Å²) >= 11 is 5.97. The molecule has 2 aromatic rings. The lowest BCUT2D eigenvalue weighted by Gasteiger charge is -2.18. The normalized spacial score (nSPS) is 12.0. The van der Waals surface area contributed by atoms with Crippen molar-refractivity contribution >= 4 is 17.5 Å². The smallest absolute Gasteiger partial charge is 0.254 e. The van der Waals surface area contributed by atoms with E-state index in [2.05, 4.69) is 5.32 Å². The summed E-state index contributed by atoms with van der Waals surface area (Å²) in [5.74, 6) is -0.929. The quantitative estimate of drug-likeness (QED) is 0.874. The summed E-state index contributed by atoms with van der Waals surface area (Å²) in [6, 6.07) is 11.6. The number of carbonyl (C=O) groups is 1. The molecule has 110 valence electrons. The van der Waals surface area contributed by atoms with E-state index in [1.54, 1.807) is 18.2 Å². The van der Waals surface area contributed by atoms with Gasteiger partial charge in [-0.05, 0) is 43.2 Å². The van der Waals surface area contributed by atoms with Crippen molar-refractivity contribution in [2.45, 2.75) is 26.3 Å². The highest BCUT2D eigenvalue weighted by Gasteiger charge is 2.17. The maximum atomic E-state index is 13.8. The molecule has 2 aromatic carbocycles. The molecule has 0 fully saturated rings. The predicted molar refractivity (Wildman–Crippen MR) is 83.1 cm³/mol. The van der Waals surface area contributed by atoms with Crippen LogP contribution in [0.25, 0.3) is 0 Å². The van der Waals surface area contributed by atoms with Crippen LogP contribution in [0.15, 0.2) is 42.5 Å². The van der Waals surface area contributed by atoms with Crippen molar-refractivity contribution in [2.24, 2.45) is 0 Å². The SMILES string of the molecule is CCC(NC(=O)c1cc(C)ccc1F)c1cccc(Cl)c1. The molecule has 0 aliphatic heterocycles. The van der Waals surface area contributed by atoms with Gasteiger partial charge in [-0.15, -0.1) is 0 Å². The molecule has 1 amide bonds. The molecule has 0 saturated heterocycles. The van der Waals surface area contributed by atoms with Crippen molar-refractivity contribution in [2.75, 3.05) is 0 Å². The minimum absolute atomic E-state index is 0.0653. The average Bonchev–Trinajstić information content (AvgIpc) is 2.47. The lowest BCUT2D eigenvalue weighted by Crippen LogP contribution is -2.29. The lowest BCUT2D eigenvalue weighted by atomic mass is 10.0. The third kappa shape index (κ3) is 3.82. The highest BCUT2D eigenvalue weighted by atomic mass is 35.5. The molecular weight excluding hydrogens is 289 g/mol. The van der Waals surface area contributed by atoms with Crippen molar-refractivity contribution in [3.8, 4) is 0 Å². The van der Waals surface area contributed by atoms with Gasteiger partial charge in [-0.3, -0.25) is 4.79 Å². The van der Waals surface area contributed by atoms with Gasteiger partial charge in [-0.1, -0.05) is 42.3 Å². The van der Waals surface area contributed by atoms with Gasteiger partial charge in [-0.25, -0.2) is 4.39 Å². The van der Waals surface area contributed by atoms with E-state index in [4.69, 9.17) is 11.6 Å². The molecule has 0 aliphatic rings. The number of nitrogens with one attached hydrogen (secondary N) is 1. The Bertz CT molecular complexity index is 657. The van der Waals surface area contributed by atoms with E-state index < -0.39 is 11.7 Å². The van der Waals surface area contributed by atoms with E-state index in [1.165, 1.54) is 6.07 Å². The Morgan fingerprint density at radius 3 is 2.71 bits per heavy atom. The molecule has 0 radical (unpaired) electrons. The van der Waals surface area contributed by atoms with E-state index in [-0.39, 0.29) is 11.6 Å². The Labute approximate surface area is 128 Å². The Morgan fingerprint density at radius 1 is 1.29 bits per heavy atom. The highest BCUT2D eigenvalue weighted by molar-refractivity contribution is 6.30. The van der Waals surface area contributed by atoms with Crippen molar-refractivity contribution < 1.29 is 9.18 Å². The van der Waals surface area contributed by atoms with Crippen LogP contribution in [0.3, 0.4) is 0 Å². The number of carbonyl (C=O) groups excluding carboxylic acids is 1. The molecule has 1 N–H and O–H groups in total. The van der Waals surface area contributed by atoms with Crippen molar-refractivity contribution in [3.63, 3.8) is 0 Å². The monoisotopic (exact) mass is 305 g/mol. The minimum atomic E-state index is -0.515. The third-order valence-electron chi connectivity index (χ3n) is 3.33. The molecule has 0 aromatic heterocycles. The number of halogens is 2. The van der Waals surface area contributed by atoms with E-state index in [0.29, 0.717) is 11.4 Å². The molecule has 1 atom stereocenters. The van der Waals surface area contributed by atoms with Gasteiger partial charge in [0.25, 0.3) is 5.91 Å². The fraction of sp³-hybridized carbons (Fsp3) is 0.235. The summed E-state index contributed by atoms with van der Waals surface area (Å²) in [5, 5.41) is 3.47. The third-order valence-corrected chi connectivity index (χ3v) is 3.57. The lowest BCUT2D eigenvalue weighted by molar-refractivity contribution is 0.0931. The second-order valence-corrected chi connectivity index (χ2v) is 5.41. The summed E-state index contributed by atoms with van der Waals surface area (Å²) in [5.41, 5.74) is 1.82. The summed E-state index contributed by atoms with van der Waals surface area (Å²) in [6.45, 7) is 3.78. The molecule has 0 saturated carbocycles. The van der Waals surface area contributed by atoms with Crippen LogP contribution >= 0.6 is 11.6 Å². The molecular formula is C17H17ClFNO. The standard InChI is InChI=1S/C17H17ClFNO/c1-3-16(12-5-4-6-13(18)10-12)20-17(21)14-9-11(2)7-8-15(14)19/h4-10,16H,3H2,1-2H3,(H,20,21). The minimum Gasteiger partial charge on any atom is -0.345 e. The van der Waals surface area contributed by atoms with Gasteiger partial charge in [0, 0.05) is 5.02 Å². The zero-order valence-electron chi connectivity index (χ0n) is 12.0. The molecule has 0 heterocycles. The highest BCUT2D eigenvalue weighted by Crippen LogP contribution is 2.21. The Morgan fingerprint density at radius 2 is 2.05 bits per heavy atom. The largest absolute Gasteiger partial charge is 0.345 e. The van der Waals surface area contributed by atoms with Crippen LogP contribution in [0.5, 0.6) is 0 Å². The van der Waals surface area contributed by atoms with E-state index in [9.17, 15) is 9.18 Å². The first kappa shape index (κ1) is 15.5. The fourth-order valence-corrected chi connectivity index (χ4v) is 2.39. The van der Waals surface area contributed by atoms with Crippen LogP contribution in [0.4, 0.5) is 4.39 Å². The Kier molecular flexibility index (Phi) is 4.97. The van der Waals surface area contributed by atoms with Gasteiger partial charge in [-0.2, -0.15) is 0 Å². The first-order chi connectivity index (χ1) is 10.0. The zero-order valence-corrected chi connectivity index (χ0v) is 12.7. The summed E-state index contributed by atoms with van der Waals surface area (Å²) in [4.78, 5) is 12.3. The van der Waals surface area contributed by atoms with Crippen LogP contribution < -0.4 is 5.32 Å². The summed E-state index contributed by atoms with van der Waals surface area (Å²) in [6.07, 6.45) is 0.694. The molecule has 2 rings (SSSR count). The summed E-state index contributed by atoms with van der Waals surface area (Å²) < 4.78 is 13.8. The van der Waals surface area contributed by atoms with Crippen molar-refractivity contribution in [3.05, 3.63) is 70.0 Å². The Balaban J connectivity index is 2.22. The molecule has 0 bridgehead atoms. The van der Waals surface area contributed by atoms with Crippen LogP contribution in [-0.2, 0) is 0 Å². The van der Waals surface area contributed by atoms with E-state index in [1.807, 2.05) is 32.0 Å². The van der Waals surface area contributed by atoms with Gasteiger partial charge in [0.05, 0.1) is 11.6 Å². The number of hydrogen-bond donors (Lipinski definition) is 1. The fourth-order valence-electron chi connectivity index (χ4n) is 2.19. The van der Waals surface area contributed by atoms with Crippen LogP contribution in [0.2, 0.25) is 5.02 Å². The number of amides is 1. The van der Waals surface area contributed by atoms with Gasteiger partial charge < -0.3 is 5.32 Å². The van der Waals surface area contributed by atoms with Crippen molar-refractivity contribution in [1.82, 2.24) is 5.32 Å². The second kappa shape index (κ2) is 6.72. The predicted octanol–water partition coefficient (Wildman–Crippen LogP) is 4.67. The maximum absolute atomic E-state index is 13.8. The zero-order chi connectivity index (χ0) is 15.4. The number of hydrogen-bond acceptors (Lipinski definition) is 1. The van der Waals surface area contributed by atoms with Gasteiger partial charge in [0.2, 0.25) is 0 Å². The molecule has 2 nitrogen and oxygen atoms in total. The molecule has 0 aliphatic carbocycles. The topological polar surface area (TPSA) is 29.1 Å². The molecule has 0 spiro atoms. The first-order valence-corrected chi connectivity index (χ1v) is 7.21. The first-order valence-electron chi connectivity index (χ1n) is 6.83. The maximum Gasteiger partial charge on any atom is 0.254 e. The summed E-state index contributed by atoms with van der Waals surface area (Å²) in [7, 11) is 0. The average molecular weight is 306 g/mol.